The molecule has 1 aliphatic rings. The topological polar surface area (TPSA) is 474 Å². The number of carbonyl (C=O) groups excluding carboxylic acids is 9. The third kappa shape index (κ3) is 20.7. The van der Waals surface area contributed by atoms with Crippen molar-refractivity contribution >= 4 is 71.1 Å². The number of aromatic amines is 1. The van der Waals surface area contributed by atoms with E-state index in [1.165, 1.54) is 12.5 Å². The third-order valence-electron chi connectivity index (χ3n) is 10.7. The maximum absolute atomic E-state index is 14.2. The Kier molecular flexibility index (Phi) is 24.2. The molecule has 28 heteroatoms. The number of nitrogens with zero attached hydrogens (tertiary/aromatic N) is 2. The highest BCUT2D eigenvalue weighted by Crippen LogP contribution is 2.21. The van der Waals surface area contributed by atoms with Gasteiger partial charge in [-0.15, -0.1) is 0 Å². The van der Waals surface area contributed by atoms with Gasteiger partial charge in [-0.05, 0) is 63.8 Å². The van der Waals surface area contributed by atoms with Crippen LogP contribution < -0.4 is 54.8 Å². The number of carbonyl (C=O) groups is 12. The van der Waals surface area contributed by atoms with Crippen molar-refractivity contribution in [3.8, 4) is 0 Å². The lowest BCUT2D eigenvalue weighted by atomic mass is 10.0. The first kappa shape index (κ1) is 57.9. The molecule has 2 heterocycles. The first-order valence-corrected chi connectivity index (χ1v) is 22.2. The number of unbranched alkanes of at least 4 members (excludes halogenated alkanes) is 1. The summed E-state index contributed by atoms with van der Waals surface area (Å²) >= 11 is 0. The quantitative estimate of drug-likeness (QED) is 0.0300. The highest BCUT2D eigenvalue weighted by molar-refractivity contribution is 5.99. The van der Waals surface area contributed by atoms with E-state index < -0.39 is 158 Å². The Morgan fingerprint density at radius 1 is 0.696 bits per heavy atom. The standard InChI is InChI=1S/C41H65N13O15/c1-20(2)14-26(52-38(65)27(15-21-18-46-19-47-21)51-34(61)22(43)16-30(44)55)37(64)53-28(17-31(45)56)40(67)54-13-5-7-29(54)39(66)49-24(9-11-33(59)60)35(62)48-23(8-10-32(57)58)36(63)50-25(41(68)69)6-3-4-12-42/h18-20,22-29H,3-17,42-43H2,1-2H3,(H2,44,55)(H2,45,56)(H,46,47)(H,48,62)(H,49,66)(H,50,63)(H,51,61)(H,52,65)(H,53,64)(H,57,58)(H,59,60)(H,68,69)/t22-,23-,24-,25-,26-,27-,28-,29-/m0/s1. The Bertz CT molecular complexity index is 2000. The molecule has 0 saturated carbocycles. The van der Waals surface area contributed by atoms with Gasteiger partial charge in [0.15, 0.2) is 0 Å². The minimum absolute atomic E-state index is 0.0228. The summed E-state index contributed by atoms with van der Waals surface area (Å²) in [5.41, 5.74) is 22.3. The zero-order valence-electron chi connectivity index (χ0n) is 38.4. The van der Waals surface area contributed by atoms with Crippen molar-refractivity contribution in [1.29, 1.82) is 0 Å². The number of imidazole rings is 1. The van der Waals surface area contributed by atoms with Gasteiger partial charge >= 0.3 is 17.9 Å². The van der Waals surface area contributed by atoms with Crippen molar-refractivity contribution in [2.24, 2.45) is 28.9 Å². The maximum atomic E-state index is 14.2. The summed E-state index contributed by atoms with van der Waals surface area (Å²) in [5.74, 6) is -13.3. The van der Waals surface area contributed by atoms with E-state index in [2.05, 4.69) is 41.9 Å². The minimum Gasteiger partial charge on any atom is -0.481 e. The number of carboxylic acids is 3. The predicted molar refractivity (Wildman–Crippen MR) is 238 cm³/mol. The summed E-state index contributed by atoms with van der Waals surface area (Å²) in [6, 6.07) is -12.1. The smallest absolute Gasteiger partial charge is 0.326 e. The summed E-state index contributed by atoms with van der Waals surface area (Å²) < 4.78 is 0. The van der Waals surface area contributed by atoms with E-state index in [1.807, 2.05) is 0 Å². The summed E-state index contributed by atoms with van der Waals surface area (Å²) in [6.45, 7) is 3.57. The first-order valence-electron chi connectivity index (χ1n) is 22.2. The van der Waals surface area contributed by atoms with Gasteiger partial charge in [0.25, 0.3) is 0 Å². The van der Waals surface area contributed by atoms with Crippen molar-refractivity contribution in [2.75, 3.05) is 13.1 Å². The summed E-state index contributed by atoms with van der Waals surface area (Å²) in [6.07, 6.45) is -0.429. The molecular formula is C41H65N13O15. The van der Waals surface area contributed by atoms with E-state index in [0.717, 1.165) is 4.90 Å². The van der Waals surface area contributed by atoms with Crippen molar-refractivity contribution in [3.05, 3.63) is 18.2 Å². The van der Waals surface area contributed by atoms with E-state index in [4.69, 9.17) is 22.9 Å². The molecule has 0 radical (unpaired) electrons. The molecule has 28 nitrogen and oxygen atoms in total. The summed E-state index contributed by atoms with van der Waals surface area (Å²) in [4.78, 5) is 162. The van der Waals surface area contributed by atoms with Gasteiger partial charge in [0.1, 0.15) is 42.3 Å². The molecule has 0 spiro atoms. The maximum Gasteiger partial charge on any atom is 0.326 e. The van der Waals surface area contributed by atoms with Crippen molar-refractivity contribution < 1.29 is 72.9 Å². The predicted octanol–water partition coefficient (Wildman–Crippen LogP) is -5.08. The molecule has 0 unspecified atom stereocenters. The Morgan fingerprint density at radius 3 is 1.74 bits per heavy atom. The number of rotatable bonds is 32. The number of hydrogen-bond acceptors (Lipinski definition) is 15. The fourth-order valence-electron chi connectivity index (χ4n) is 7.20. The first-order chi connectivity index (χ1) is 32.4. The van der Waals surface area contributed by atoms with Crippen LogP contribution in [-0.2, 0) is 64.0 Å². The molecule has 0 aromatic carbocycles. The Balaban J connectivity index is 2.36. The fraction of sp³-hybridized carbons (Fsp3) is 0.634. The molecule has 384 valence electrons. The molecule has 1 aromatic rings. The molecule has 0 aliphatic carbocycles. The molecule has 2 rings (SSSR count). The molecular weight excluding hydrogens is 915 g/mol. The van der Waals surface area contributed by atoms with E-state index in [-0.39, 0.29) is 51.1 Å². The van der Waals surface area contributed by atoms with Gasteiger partial charge in [-0.1, -0.05) is 13.8 Å². The number of aliphatic carboxylic acids is 3. The van der Waals surface area contributed by atoms with Gasteiger partial charge in [-0.25, -0.2) is 9.78 Å². The van der Waals surface area contributed by atoms with Crippen LogP contribution in [-0.4, -0.2) is 163 Å². The van der Waals surface area contributed by atoms with Gasteiger partial charge in [-0.2, -0.15) is 0 Å². The zero-order chi connectivity index (χ0) is 52.0. The Labute approximate surface area is 395 Å². The van der Waals surface area contributed by atoms with Crippen LogP contribution in [0, 0.1) is 5.92 Å². The lowest BCUT2D eigenvalue weighted by Gasteiger charge is -2.31. The molecule has 8 atom stereocenters. The second kappa shape index (κ2) is 28.8. The van der Waals surface area contributed by atoms with E-state index >= 15 is 0 Å². The van der Waals surface area contributed by atoms with Crippen LogP contribution in [0.3, 0.4) is 0 Å². The zero-order valence-corrected chi connectivity index (χ0v) is 38.4. The molecule has 69 heavy (non-hydrogen) atoms. The van der Waals surface area contributed by atoms with Gasteiger partial charge in [0.2, 0.25) is 53.2 Å². The molecule has 1 aromatic heterocycles. The van der Waals surface area contributed by atoms with Crippen LogP contribution in [0.4, 0.5) is 0 Å². The van der Waals surface area contributed by atoms with Crippen LogP contribution >= 0.6 is 0 Å². The largest absolute Gasteiger partial charge is 0.481 e. The SMILES string of the molecule is CC(C)C[C@H](NC(=O)[C@H](Cc1cnc[nH]1)NC(=O)[C@@H](N)CC(N)=O)C(=O)N[C@@H](CC(N)=O)C(=O)N1CCC[C@H]1C(=O)N[C@@H](CCC(=O)O)C(=O)N[C@@H](CCC(=O)O)C(=O)N[C@@H](CCCCN)C(=O)O. The van der Waals surface area contributed by atoms with E-state index in [9.17, 15) is 72.9 Å². The molecule has 0 bridgehead atoms. The highest BCUT2D eigenvalue weighted by Gasteiger charge is 2.41. The van der Waals surface area contributed by atoms with Crippen LogP contribution in [0.5, 0.6) is 0 Å². The number of hydrogen-bond donors (Lipinski definition) is 14. The highest BCUT2D eigenvalue weighted by atomic mass is 16.4. The number of nitrogens with two attached hydrogens (primary N) is 4. The second-order valence-corrected chi connectivity index (χ2v) is 16.9. The monoisotopic (exact) mass is 979 g/mol. The van der Waals surface area contributed by atoms with Gasteiger partial charge in [0, 0.05) is 37.7 Å². The number of amides is 9. The van der Waals surface area contributed by atoms with Crippen LogP contribution in [0.15, 0.2) is 12.5 Å². The fourth-order valence-corrected chi connectivity index (χ4v) is 7.20. The number of nitrogens with one attached hydrogen (secondary N) is 7. The molecule has 9 amide bonds. The van der Waals surface area contributed by atoms with E-state index in [0.29, 0.717) is 18.5 Å². The van der Waals surface area contributed by atoms with Crippen LogP contribution in [0.2, 0.25) is 0 Å². The third-order valence-corrected chi connectivity index (χ3v) is 10.7. The van der Waals surface area contributed by atoms with Gasteiger partial charge < -0.3 is 80.0 Å². The Morgan fingerprint density at radius 2 is 1.22 bits per heavy atom. The minimum atomic E-state index is -1.72. The normalized spacial score (nSPS) is 16.3. The second-order valence-electron chi connectivity index (χ2n) is 16.9. The molecule has 18 N–H and O–H groups in total. The number of carboxylic acid groups (broad SMARTS) is 3. The van der Waals surface area contributed by atoms with Crippen LogP contribution in [0.1, 0.15) is 96.6 Å². The molecule has 1 fully saturated rings. The summed E-state index contributed by atoms with van der Waals surface area (Å²) in [5, 5.41) is 42.7. The number of aromatic nitrogens is 2. The number of likely N-dealkylation sites (tertiary alicyclic amines) is 1. The van der Waals surface area contributed by atoms with Crippen molar-refractivity contribution in [2.45, 2.75) is 146 Å². The van der Waals surface area contributed by atoms with Crippen molar-refractivity contribution in [3.63, 3.8) is 0 Å². The Hall–Kier alpha value is -7.23. The molecule has 1 saturated heterocycles. The van der Waals surface area contributed by atoms with Gasteiger partial charge in [0.05, 0.1) is 25.2 Å². The molecule has 1 aliphatic heterocycles. The van der Waals surface area contributed by atoms with Crippen molar-refractivity contribution in [1.82, 2.24) is 46.8 Å². The average molecular weight is 980 g/mol. The number of H-pyrrole nitrogens is 1. The summed E-state index contributed by atoms with van der Waals surface area (Å²) in [7, 11) is 0. The van der Waals surface area contributed by atoms with Gasteiger partial charge in [-0.3, -0.25) is 52.7 Å². The van der Waals surface area contributed by atoms with E-state index in [1.54, 1.807) is 13.8 Å². The average Bonchev–Trinajstić information content (AvgIpc) is 3.97. The number of primary amides is 2. The lowest BCUT2D eigenvalue weighted by Crippen LogP contribution is -2.60. The lowest BCUT2D eigenvalue weighted by molar-refractivity contribution is -0.144. The van der Waals surface area contributed by atoms with Crippen LogP contribution in [0.25, 0.3) is 0 Å².